The zero-order valence-electron chi connectivity index (χ0n) is 13.9. The van der Waals surface area contributed by atoms with Crippen molar-refractivity contribution < 1.29 is 9.47 Å². The van der Waals surface area contributed by atoms with E-state index in [1.54, 1.807) is 6.20 Å². The summed E-state index contributed by atoms with van der Waals surface area (Å²) in [4.78, 5) is 8.31. The minimum atomic E-state index is 0.0886. The van der Waals surface area contributed by atoms with Crippen molar-refractivity contribution >= 4 is 11.3 Å². The van der Waals surface area contributed by atoms with Crippen LogP contribution in [-0.2, 0) is 11.3 Å². The second-order valence-electron chi connectivity index (χ2n) is 6.86. The molecule has 4 rings (SSSR count). The van der Waals surface area contributed by atoms with E-state index in [1.807, 2.05) is 29.5 Å². The van der Waals surface area contributed by atoms with Gasteiger partial charge in [0.25, 0.3) is 0 Å². The van der Waals surface area contributed by atoms with E-state index in [2.05, 4.69) is 27.4 Å². The molecule has 0 unspecified atom stereocenters. The van der Waals surface area contributed by atoms with Crippen LogP contribution >= 0.6 is 11.3 Å². The lowest BCUT2D eigenvalue weighted by molar-refractivity contribution is -0.141. The molecule has 0 bridgehead atoms. The van der Waals surface area contributed by atoms with E-state index in [0.717, 1.165) is 39.1 Å². The molecule has 4 nitrogen and oxygen atoms in total. The smallest absolute Gasteiger partial charge is 0.213 e. The van der Waals surface area contributed by atoms with Crippen molar-refractivity contribution in [2.24, 2.45) is 5.41 Å². The van der Waals surface area contributed by atoms with Gasteiger partial charge in [0.1, 0.15) is 0 Å². The standard InChI is InChI=1S/C19H24N2O2S/c1-2-9-20-18(6-1)23-15-19-8-4-11-22-17(19)7-10-21(14-19)13-16-5-3-12-24-16/h1-3,5-6,9,12,17H,4,7-8,10-11,13-15H2/t17-,19+/m0/s1. The van der Waals surface area contributed by atoms with Crippen LogP contribution in [0.15, 0.2) is 41.9 Å². The summed E-state index contributed by atoms with van der Waals surface area (Å²) in [6, 6.07) is 10.2. The number of pyridine rings is 1. The molecular formula is C19H24N2O2S. The van der Waals surface area contributed by atoms with Crippen molar-refractivity contribution in [2.45, 2.75) is 31.9 Å². The Morgan fingerprint density at radius 2 is 2.33 bits per heavy atom. The van der Waals surface area contributed by atoms with Crippen LogP contribution < -0.4 is 4.74 Å². The second kappa shape index (κ2) is 7.21. The van der Waals surface area contributed by atoms with Crippen LogP contribution in [0.1, 0.15) is 24.1 Å². The van der Waals surface area contributed by atoms with Crippen LogP contribution in [0.2, 0.25) is 0 Å². The van der Waals surface area contributed by atoms with Crippen molar-refractivity contribution in [3.8, 4) is 5.88 Å². The quantitative estimate of drug-likeness (QED) is 0.830. The SMILES string of the molecule is c1ccc(OC[C@]23CCCO[C@H]2CCN(Cc2cccs2)C3)nc1. The van der Waals surface area contributed by atoms with Crippen molar-refractivity contribution in [3.63, 3.8) is 0 Å². The topological polar surface area (TPSA) is 34.6 Å². The number of hydrogen-bond donors (Lipinski definition) is 0. The Morgan fingerprint density at radius 1 is 1.33 bits per heavy atom. The number of piperidine rings is 1. The molecule has 24 heavy (non-hydrogen) atoms. The Hall–Kier alpha value is -1.43. The van der Waals surface area contributed by atoms with Gasteiger partial charge in [-0.25, -0.2) is 4.98 Å². The van der Waals surface area contributed by atoms with Crippen LogP contribution in [0.4, 0.5) is 0 Å². The minimum absolute atomic E-state index is 0.0886. The number of thiophene rings is 1. The van der Waals surface area contributed by atoms with Crippen LogP contribution in [0.3, 0.4) is 0 Å². The summed E-state index contributed by atoms with van der Waals surface area (Å²) in [5.74, 6) is 0.714. The maximum absolute atomic E-state index is 6.13. The van der Waals surface area contributed by atoms with Crippen molar-refractivity contribution in [3.05, 3.63) is 46.8 Å². The number of likely N-dealkylation sites (tertiary alicyclic amines) is 1. The van der Waals surface area contributed by atoms with Gasteiger partial charge in [-0.05, 0) is 36.8 Å². The Labute approximate surface area is 147 Å². The molecule has 0 saturated carbocycles. The lowest BCUT2D eigenvalue weighted by atomic mass is 9.73. The van der Waals surface area contributed by atoms with E-state index in [0.29, 0.717) is 18.6 Å². The third kappa shape index (κ3) is 3.48. The van der Waals surface area contributed by atoms with Crippen molar-refractivity contribution in [1.82, 2.24) is 9.88 Å². The molecule has 5 heteroatoms. The fraction of sp³-hybridized carbons (Fsp3) is 0.526. The van der Waals surface area contributed by atoms with Gasteiger partial charge in [0.2, 0.25) is 5.88 Å². The first-order valence-corrected chi connectivity index (χ1v) is 9.62. The highest BCUT2D eigenvalue weighted by molar-refractivity contribution is 7.09. The molecule has 2 aliphatic rings. The van der Waals surface area contributed by atoms with Gasteiger partial charge in [0, 0.05) is 48.8 Å². The van der Waals surface area contributed by atoms with Gasteiger partial charge in [0.15, 0.2) is 0 Å². The maximum Gasteiger partial charge on any atom is 0.213 e. The number of aromatic nitrogens is 1. The summed E-state index contributed by atoms with van der Waals surface area (Å²) in [5, 5.41) is 2.16. The van der Waals surface area contributed by atoms with Gasteiger partial charge < -0.3 is 9.47 Å². The number of rotatable bonds is 5. The predicted molar refractivity (Wildman–Crippen MR) is 95.4 cm³/mol. The van der Waals surface area contributed by atoms with Crippen LogP contribution in [0.25, 0.3) is 0 Å². The van der Waals surface area contributed by atoms with Crippen LogP contribution in [0, 0.1) is 5.41 Å². The zero-order valence-corrected chi connectivity index (χ0v) is 14.7. The third-order valence-corrected chi connectivity index (χ3v) is 6.03. The second-order valence-corrected chi connectivity index (χ2v) is 7.89. The first kappa shape index (κ1) is 16.1. The summed E-state index contributed by atoms with van der Waals surface area (Å²) in [7, 11) is 0. The largest absolute Gasteiger partial charge is 0.477 e. The molecule has 4 heterocycles. The summed E-state index contributed by atoms with van der Waals surface area (Å²) >= 11 is 1.84. The lowest BCUT2D eigenvalue weighted by Crippen LogP contribution is -2.57. The Morgan fingerprint density at radius 3 is 3.17 bits per heavy atom. The molecule has 2 fully saturated rings. The molecule has 2 aromatic rings. The molecule has 0 aliphatic carbocycles. The number of fused-ring (bicyclic) bond motifs is 1. The molecule has 0 spiro atoms. The van der Waals surface area contributed by atoms with Crippen LogP contribution in [0.5, 0.6) is 5.88 Å². The highest BCUT2D eigenvalue weighted by Crippen LogP contribution is 2.41. The van der Waals surface area contributed by atoms with Crippen molar-refractivity contribution in [1.29, 1.82) is 0 Å². The molecule has 0 amide bonds. The Balaban J connectivity index is 1.47. The van der Waals surface area contributed by atoms with Gasteiger partial charge in [-0.1, -0.05) is 12.1 Å². The lowest BCUT2D eigenvalue weighted by Gasteiger charge is -2.50. The number of hydrogen-bond acceptors (Lipinski definition) is 5. The summed E-state index contributed by atoms with van der Waals surface area (Å²) < 4.78 is 12.2. The van der Waals surface area contributed by atoms with Crippen LogP contribution in [-0.4, -0.2) is 42.3 Å². The molecule has 0 N–H and O–H groups in total. The summed E-state index contributed by atoms with van der Waals surface area (Å²) in [6.07, 6.45) is 5.48. The van der Waals surface area contributed by atoms with E-state index < -0.39 is 0 Å². The maximum atomic E-state index is 6.13. The van der Waals surface area contributed by atoms with E-state index >= 15 is 0 Å². The monoisotopic (exact) mass is 344 g/mol. The predicted octanol–water partition coefficient (Wildman–Crippen LogP) is 3.59. The van der Waals surface area contributed by atoms with Gasteiger partial charge >= 0.3 is 0 Å². The average Bonchev–Trinajstić information content (AvgIpc) is 3.14. The fourth-order valence-electron chi connectivity index (χ4n) is 4.00. The average molecular weight is 344 g/mol. The third-order valence-electron chi connectivity index (χ3n) is 5.17. The molecule has 0 aromatic carbocycles. The molecular weight excluding hydrogens is 320 g/mol. The van der Waals surface area contributed by atoms with Gasteiger partial charge in [0.05, 0.1) is 12.7 Å². The zero-order chi connectivity index (χ0) is 16.2. The number of nitrogens with zero attached hydrogens (tertiary/aromatic N) is 2. The highest BCUT2D eigenvalue weighted by atomic mass is 32.1. The van der Waals surface area contributed by atoms with Crippen molar-refractivity contribution in [2.75, 3.05) is 26.3 Å². The van der Waals surface area contributed by atoms with E-state index in [-0.39, 0.29) is 5.41 Å². The van der Waals surface area contributed by atoms with Gasteiger partial charge in [-0.15, -0.1) is 11.3 Å². The Bertz CT molecular complexity index is 634. The molecule has 128 valence electrons. The molecule has 2 aromatic heterocycles. The molecule has 2 atom stereocenters. The summed E-state index contributed by atoms with van der Waals surface area (Å²) in [5.41, 5.74) is 0.0886. The normalized spacial score (nSPS) is 27.6. The van der Waals surface area contributed by atoms with E-state index in [4.69, 9.17) is 9.47 Å². The Kier molecular flexibility index (Phi) is 4.83. The number of ether oxygens (including phenoxy) is 2. The first-order valence-electron chi connectivity index (χ1n) is 8.74. The first-order chi connectivity index (χ1) is 11.8. The fourth-order valence-corrected chi connectivity index (χ4v) is 4.75. The summed E-state index contributed by atoms with van der Waals surface area (Å²) in [6.45, 7) is 4.77. The van der Waals surface area contributed by atoms with Gasteiger partial charge in [-0.2, -0.15) is 0 Å². The van der Waals surface area contributed by atoms with Gasteiger partial charge in [-0.3, -0.25) is 4.90 Å². The molecule has 2 aliphatic heterocycles. The minimum Gasteiger partial charge on any atom is -0.477 e. The van der Waals surface area contributed by atoms with E-state index in [9.17, 15) is 0 Å². The molecule has 2 saturated heterocycles. The molecule has 0 radical (unpaired) electrons. The highest BCUT2D eigenvalue weighted by Gasteiger charge is 2.46. The van der Waals surface area contributed by atoms with E-state index in [1.165, 1.54) is 11.3 Å².